The third-order valence-corrected chi connectivity index (χ3v) is 2.08. The number of aromatic nitrogens is 3. The van der Waals surface area contributed by atoms with Crippen LogP contribution in [0.4, 0.5) is 11.9 Å². The normalized spacial score (nSPS) is 12.0. The van der Waals surface area contributed by atoms with Gasteiger partial charge in [-0.15, -0.1) is 0 Å². The largest absolute Gasteiger partial charge is 0.467 e. The molecule has 0 amide bonds. The SMILES string of the molecule is CCNc1nc(NC(C)COCC)nc(OC)n1. The number of nitrogens with one attached hydrogen (secondary N) is 2. The smallest absolute Gasteiger partial charge is 0.322 e. The van der Waals surface area contributed by atoms with Crippen LogP contribution < -0.4 is 15.4 Å². The van der Waals surface area contributed by atoms with E-state index in [1.807, 2.05) is 20.8 Å². The van der Waals surface area contributed by atoms with E-state index in [0.717, 1.165) is 6.54 Å². The fourth-order valence-electron chi connectivity index (χ4n) is 1.31. The number of nitrogens with zero attached hydrogens (tertiary/aromatic N) is 3. The number of ether oxygens (including phenoxy) is 2. The van der Waals surface area contributed by atoms with E-state index in [1.165, 1.54) is 7.11 Å². The summed E-state index contributed by atoms with van der Waals surface area (Å²) < 4.78 is 10.4. The molecule has 0 bridgehead atoms. The first-order chi connectivity index (χ1) is 8.69. The zero-order valence-corrected chi connectivity index (χ0v) is 11.4. The Bertz CT molecular complexity index is 361. The minimum absolute atomic E-state index is 0.117. The van der Waals surface area contributed by atoms with Crippen molar-refractivity contribution in [3.05, 3.63) is 0 Å². The molecule has 0 aliphatic rings. The highest BCUT2D eigenvalue weighted by atomic mass is 16.5. The topological polar surface area (TPSA) is 81.2 Å². The number of anilines is 2. The van der Waals surface area contributed by atoms with Gasteiger partial charge < -0.3 is 20.1 Å². The molecule has 0 spiro atoms. The lowest BCUT2D eigenvalue weighted by atomic mass is 10.4. The first-order valence-electron chi connectivity index (χ1n) is 6.07. The van der Waals surface area contributed by atoms with Crippen LogP contribution in [0.2, 0.25) is 0 Å². The third-order valence-electron chi connectivity index (χ3n) is 2.08. The Kier molecular flexibility index (Phi) is 6.13. The highest BCUT2D eigenvalue weighted by Crippen LogP contribution is 2.11. The van der Waals surface area contributed by atoms with Crippen LogP contribution in [-0.2, 0) is 4.74 Å². The van der Waals surface area contributed by atoms with Crippen molar-refractivity contribution < 1.29 is 9.47 Å². The number of hydrogen-bond acceptors (Lipinski definition) is 7. The van der Waals surface area contributed by atoms with Gasteiger partial charge in [-0.25, -0.2) is 0 Å². The molecule has 1 rings (SSSR count). The molecule has 1 unspecified atom stereocenters. The van der Waals surface area contributed by atoms with E-state index >= 15 is 0 Å². The molecule has 7 heteroatoms. The lowest BCUT2D eigenvalue weighted by Crippen LogP contribution is -2.23. The fourth-order valence-corrected chi connectivity index (χ4v) is 1.31. The first-order valence-corrected chi connectivity index (χ1v) is 6.07. The Balaban J connectivity index is 2.71. The summed E-state index contributed by atoms with van der Waals surface area (Å²) >= 11 is 0. The van der Waals surface area contributed by atoms with Crippen molar-refractivity contribution in [2.24, 2.45) is 0 Å². The maximum absolute atomic E-state index is 5.32. The van der Waals surface area contributed by atoms with Gasteiger partial charge in [0.25, 0.3) is 0 Å². The molecule has 1 heterocycles. The Morgan fingerprint density at radius 3 is 2.50 bits per heavy atom. The molecule has 0 aromatic carbocycles. The van der Waals surface area contributed by atoms with Crippen LogP contribution in [0.3, 0.4) is 0 Å². The van der Waals surface area contributed by atoms with Crippen LogP contribution in [0.25, 0.3) is 0 Å². The second-order valence-electron chi connectivity index (χ2n) is 3.70. The molecule has 1 aromatic rings. The zero-order valence-electron chi connectivity index (χ0n) is 11.4. The highest BCUT2D eigenvalue weighted by Gasteiger charge is 2.09. The number of rotatable bonds is 8. The van der Waals surface area contributed by atoms with Crippen molar-refractivity contribution in [2.75, 3.05) is 37.5 Å². The predicted molar refractivity (Wildman–Crippen MR) is 70.1 cm³/mol. The summed E-state index contributed by atoms with van der Waals surface area (Å²) in [5.41, 5.74) is 0. The van der Waals surface area contributed by atoms with Gasteiger partial charge in [-0.3, -0.25) is 0 Å². The maximum atomic E-state index is 5.32. The van der Waals surface area contributed by atoms with Gasteiger partial charge in [0, 0.05) is 19.2 Å². The van der Waals surface area contributed by atoms with E-state index in [-0.39, 0.29) is 12.1 Å². The van der Waals surface area contributed by atoms with Gasteiger partial charge in [0.05, 0.1) is 13.7 Å². The molecule has 0 saturated carbocycles. The zero-order chi connectivity index (χ0) is 13.4. The molecule has 0 aliphatic heterocycles. The molecular formula is C11H21N5O2. The van der Waals surface area contributed by atoms with Crippen molar-refractivity contribution in [3.8, 4) is 6.01 Å². The van der Waals surface area contributed by atoms with E-state index in [2.05, 4.69) is 25.6 Å². The standard InChI is InChI=1S/C11H21N5O2/c1-5-12-9-14-10(16-11(15-9)17-4)13-8(3)7-18-6-2/h8H,5-7H2,1-4H3,(H2,12,13,14,15,16). The first kappa shape index (κ1) is 14.4. The van der Waals surface area contributed by atoms with Crippen LogP contribution in [-0.4, -0.2) is 47.9 Å². The Hall–Kier alpha value is -1.63. The lowest BCUT2D eigenvalue weighted by Gasteiger charge is -2.14. The van der Waals surface area contributed by atoms with E-state index in [0.29, 0.717) is 25.1 Å². The van der Waals surface area contributed by atoms with E-state index in [9.17, 15) is 0 Å². The van der Waals surface area contributed by atoms with Gasteiger partial charge in [-0.1, -0.05) is 0 Å². The molecule has 0 fully saturated rings. The van der Waals surface area contributed by atoms with Crippen molar-refractivity contribution in [1.29, 1.82) is 0 Å². The van der Waals surface area contributed by atoms with Gasteiger partial charge in [0.1, 0.15) is 0 Å². The Morgan fingerprint density at radius 2 is 1.89 bits per heavy atom. The summed E-state index contributed by atoms with van der Waals surface area (Å²) in [5, 5.41) is 6.17. The van der Waals surface area contributed by atoms with Gasteiger partial charge in [-0.2, -0.15) is 15.0 Å². The van der Waals surface area contributed by atoms with Gasteiger partial charge in [0.15, 0.2) is 0 Å². The van der Waals surface area contributed by atoms with E-state index in [1.54, 1.807) is 0 Å². The molecule has 2 N–H and O–H groups in total. The Labute approximate surface area is 107 Å². The molecule has 1 aromatic heterocycles. The van der Waals surface area contributed by atoms with E-state index < -0.39 is 0 Å². The lowest BCUT2D eigenvalue weighted by molar-refractivity contribution is 0.141. The van der Waals surface area contributed by atoms with Gasteiger partial charge in [0.2, 0.25) is 11.9 Å². The highest BCUT2D eigenvalue weighted by molar-refractivity contribution is 5.36. The summed E-state index contributed by atoms with van der Waals surface area (Å²) in [6, 6.07) is 0.401. The second kappa shape index (κ2) is 7.65. The summed E-state index contributed by atoms with van der Waals surface area (Å²) in [5.74, 6) is 0.973. The molecule has 0 aliphatic carbocycles. The Morgan fingerprint density at radius 1 is 1.17 bits per heavy atom. The summed E-state index contributed by atoms with van der Waals surface area (Å²) in [7, 11) is 1.53. The average Bonchev–Trinajstić information content (AvgIpc) is 2.36. The second-order valence-corrected chi connectivity index (χ2v) is 3.70. The monoisotopic (exact) mass is 255 g/mol. The molecule has 0 radical (unpaired) electrons. The maximum Gasteiger partial charge on any atom is 0.322 e. The molecular weight excluding hydrogens is 234 g/mol. The average molecular weight is 255 g/mol. The fraction of sp³-hybridized carbons (Fsp3) is 0.727. The van der Waals surface area contributed by atoms with Crippen LogP contribution in [0.5, 0.6) is 6.01 Å². The van der Waals surface area contributed by atoms with Crippen molar-refractivity contribution in [1.82, 2.24) is 15.0 Å². The summed E-state index contributed by atoms with van der Waals surface area (Å²) in [6.45, 7) is 7.96. The molecule has 102 valence electrons. The summed E-state index contributed by atoms with van der Waals surface area (Å²) in [4.78, 5) is 12.5. The predicted octanol–water partition coefficient (Wildman–Crippen LogP) is 1.15. The van der Waals surface area contributed by atoms with Crippen molar-refractivity contribution in [2.45, 2.75) is 26.8 Å². The van der Waals surface area contributed by atoms with Crippen LogP contribution in [0.15, 0.2) is 0 Å². The van der Waals surface area contributed by atoms with Crippen LogP contribution >= 0.6 is 0 Å². The van der Waals surface area contributed by atoms with Gasteiger partial charge >= 0.3 is 6.01 Å². The quantitative estimate of drug-likeness (QED) is 0.721. The number of hydrogen-bond donors (Lipinski definition) is 2. The van der Waals surface area contributed by atoms with E-state index in [4.69, 9.17) is 9.47 Å². The molecule has 18 heavy (non-hydrogen) atoms. The molecule has 0 saturated heterocycles. The number of methoxy groups -OCH3 is 1. The third kappa shape index (κ3) is 4.70. The minimum atomic E-state index is 0.117. The molecule has 1 atom stereocenters. The van der Waals surface area contributed by atoms with Gasteiger partial charge in [-0.05, 0) is 20.8 Å². The molecule has 7 nitrogen and oxygen atoms in total. The minimum Gasteiger partial charge on any atom is -0.467 e. The van der Waals surface area contributed by atoms with Crippen molar-refractivity contribution in [3.63, 3.8) is 0 Å². The van der Waals surface area contributed by atoms with Crippen molar-refractivity contribution >= 4 is 11.9 Å². The van der Waals surface area contributed by atoms with Crippen LogP contribution in [0.1, 0.15) is 20.8 Å². The van der Waals surface area contributed by atoms with Crippen LogP contribution in [0, 0.1) is 0 Å². The summed E-state index contributed by atoms with van der Waals surface area (Å²) in [6.07, 6.45) is 0.